The first-order chi connectivity index (χ1) is 14.7. The van der Waals surface area contributed by atoms with Gasteiger partial charge in [-0.3, -0.25) is 14.5 Å². The highest BCUT2D eigenvalue weighted by Gasteiger charge is 2.47. The molecule has 6 heteroatoms. The average molecular weight is 422 g/mol. The van der Waals surface area contributed by atoms with E-state index in [1.54, 1.807) is 6.92 Å². The van der Waals surface area contributed by atoms with E-state index in [0.717, 1.165) is 28.0 Å². The second-order valence-electron chi connectivity index (χ2n) is 8.86. The fraction of sp³-hybridized carbons (Fsp3) is 0.400. The lowest BCUT2D eigenvalue weighted by Crippen LogP contribution is -2.45. The Kier molecular flexibility index (Phi) is 6.78. The van der Waals surface area contributed by atoms with Gasteiger partial charge in [0.05, 0.1) is 6.04 Å². The summed E-state index contributed by atoms with van der Waals surface area (Å²) in [6, 6.07) is 17.3. The van der Waals surface area contributed by atoms with Crippen LogP contribution in [0.3, 0.4) is 0 Å². The van der Waals surface area contributed by atoms with Gasteiger partial charge in [-0.25, -0.2) is 4.79 Å². The Morgan fingerprint density at radius 3 is 2.23 bits per heavy atom. The van der Waals surface area contributed by atoms with Gasteiger partial charge in [0.15, 0.2) is 0 Å². The molecule has 6 nitrogen and oxygen atoms in total. The lowest BCUT2D eigenvalue weighted by Gasteiger charge is -2.22. The average Bonchev–Trinajstić information content (AvgIpc) is 2.96. The predicted octanol–water partition coefficient (Wildman–Crippen LogP) is 4.28. The highest BCUT2D eigenvalue weighted by Crippen LogP contribution is 2.25. The SMILES string of the molecule is CC(C)CC[C@@]1(C)NC(=O)N(CC(=O)N[C@H](C)c2ccc(-c3ccccc3)cc2)C1=O. The third-order valence-corrected chi connectivity index (χ3v) is 5.76. The van der Waals surface area contributed by atoms with E-state index in [2.05, 4.69) is 24.5 Å². The number of hydrogen-bond acceptors (Lipinski definition) is 3. The first kappa shape index (κ1) is 22.5. The van der Waals surface area contributed by atoms with Crippen molar-refractivity contribution in [3.05, 3.63) is 60.2 Å². The number of amides is 4. The van der Waals surface area contributed by atoms with Gasteiger partial charge in [-0.2, -0.15) is 0 Å². The van der Waals surface area contributed by atoms with E-state index in [1.165, 1.54) is 0 Å². The van der Waals surface area contributed by atoms with E-state index in [0.29, 0.717) is 12.3 Å². The molecule has 0 unspecified atom stereocenters. The molecule has 1 saturated heterocycles. The fourth-order valence-electron chi connectivity index (χ4n) is 3.75. The molecule has 1 aliphatic heterocycles. The molecule has 2 aromatic carbocycles. The molecular weight excluding hydrogens is 390 g/mol. The molecule has 0 saturated carbocycles. The van der Waals surface area contributed by atoms with Gasteiger partial charge >= 0.3 is 6.03 Å². The van der Waals surface area contributed by atoms with Crippen LogP contribution in [0.15, 0.2) is 54.6 Å². The molecule has 1 fully saturated rings. The van der Waals surface area contributed by atoms with Crippen LogP contribution in [0.5, 0.6) is 0 Å². The van der Waals surface area contributed by atoms with Crippen molar-refractivity contribution in [3.8, 4) is 11.1 Å². The van der Waals surface area contributed by atoms with Crippen molar-refractivity contribution < 1.29 is 14.4 Å². The van der Waals surface area contributed by atoms with Gasteiger partial charge in [-0.1, -0.05) is 68.4 Å². The van der Waals surface area contributed by atoms with Gasteiger partial charge in [0.25, 0.3) is 5.91 Å². The third-order valence-electron chi connectivity index (χ3n) is 5.76. The van der Waals surface area contributed by atoms with Crippen molar-refractivity contribution in [1.29, 1.82) is 0 Å². The van der Waals surface area contributed by atoms with Gasteiger partial charge in [0.1, 0.15) is 12.1 Å². The van der Waals surface area contributed by atoms with Crippen LogP contribution in [0.2, 0.25) is 0 Å². The lowest BCUT2D eigenvalue weighted by atomic mass is 9.92. The summed E-state index contributed by atoms with van der Waals surface area (Å²) in [4.78, 5) is 38.7. The molecule has 0 spiro atoms. The summed E-state index contributed by atoms with van der Waals surface area (Å²) in [6.45, 7) is 7.47. The molecule has 0 aliphatic carbocycles. The summed E-state index contributed by atoms with van der Waals surface area (Å²) in [7, 11) is 0. The number of urea groups is 1. The highest BCUT2D eigenvalue weighted by molar-refractivity contribution is 6.08. The molecule has 0 radical (unpaired) electrons. The normalized spacial score (nSPS) is 19.5. The molecule has 3 rings (SSSR count). The number of hydrogen-bond donors (Lipinski definition) is 2. The van der Waals surface area contributed by atoms with Crippen LogP contribution < -0.4 is 10.6 Å². The van der Waals surface area contributed by atoms with Crippen LogP contribution in [0.25, 0.3) is 11.1 Å². The Hall–Kier alpha value is -3.15. The molecule has 0 aromatic heterocycles. The standard InChI is InChI=1S/C25H31N3O3/c1-17(2)14-15-25(4)23(30)28(24(31)27-25)16-22(29)26-18(3)19-10-12-21(13-11-19)20-8-6-5-7-9-20/h5-13,17-18H,14-16H2,1-4H3,(H,26,29)(H,27,31)/t18-,25-/m1/s1. The zero-order valence-electron chi connectivity index (χ0n) is 18.6. The summed E-state index contributed by atoms with van der Waals surface area (Å²) < 4.78 is 0. The van der Waals surface area contributed by atoms with Crippen LogP contribution in [0.1, 0.15) is 52.1 Å². The minimum atomic E-state index is -0.944. The summed E-state index contributed by atoms with van der Waals surface area (Å²) in [6.07, 6.45) is 1.37. The highest BCUT2D eigenvalue weighted by atomic mass is 16.2. The van der Waals surface area contributed by atoms with E-state index in [1.807, 2.05) is 61.5 Å². The molecule has 31 heavy (non-hydrogen) atoms. The minimum Gasteiger partial charge on any atom is -0.348 e. The number of carbonyl (C=O) groups is 3. The summed E-state index contributed by atoms with van der Waals surface area (Å²) in [5, 5.41) is 5.64. The van der Waals surface area contributed by atoms with E-state index in [9.17, 15) is 14.4 Å². The summed E-state index contributed by atoms with van der Waals surface area (Å²) >= 11 is 0. The Morgan fingerprint density at radius 1 is 1.00 bits per heavy atom. The van der Waals surface area contributed by atoms with Gasteiger partial charge in [0.2, 0.25) is 5.91 Å². The van der Waals surface area contributed by atoms with E-state index >= 15 is 0 Å². The largest absolute Gasteiger partial charge is 0.348 e. The van der Waals surface area contributed by atoms with Gasteiger partial charge in [-0.05, 0) is 49.3 Å². The number of rotatable bonds is 8. The molecule has 1 aliphatic rings. The molecule has 164 valence electrons. The molecule has 2 atom stereocenters. The quantitative estimate of drug-likeness (QED) is 0.625. The molecule has 2 N–H and O–H groups in total. The third kappa shape index (κ3) is 5.32. The number of nitrogens with one attached hydrogen (secondary N) is 2. The van der Waals surface area contributed by atoms with Crippen LogP contribution in [0, 0.1) is 5.92 Å². The predicted molar refractivity (Wildman–Crippen MR) is 121 cm³/mol. The van der Waals surface area contributed by atoms with Gasteiger partial charge < -0.3 is 10.6 Å². The van der Waals surface area contributed by atoms with E-state index < -0.39 is 11.6 Å². The maximum atomic E-state index is 12.8. The van der Waals surface area contributed by atoms with Gasteiger partial charge in [-0.15, -0.1) is 0 Å². The van der Waals surface area contributed by atoms with Crippen LogP contribution in [-0.2, 0) is 9.59 Å². The molecule has 4 amide bonds. The molecular formula is C25H31N3O3. The van der Waals surface area contributed by atoms with Crippen LogP contribution in [0.4, 0.5) is 4.79 Å². The van der Waals surface area contributed by atoms with Crippen molar-refractivity contribution in [2.24, 2.45) is 5.92 Å². The van der Waals surface area contributed by atoms with Crippen LogP contribution >= 0.6 is 0 Å². The number of nitrogens with zero attached hydrogens (tertiary/aromatic N) is 1. The first-order valence-electron chi connectivity index (χ1n) is 10.8. The number of imide groups is 1. The fourth-order valence-corrected chi connectivity index (χ4v) is 3.75. The molecule has 2 aromatic rings. The Labute approximate surface area is 184 Å². The second-order valence-corrected chi connectivity index (χ2v) is 8.86. The zero-order valence-corrected chi connectivity index (χ0v) is 18.6. The number of carbonyl (C=O) groups excluding carboxylic acids is 3. The summed E-state index contributed by atoms with van der Waals surface area (Å²) in [5.41, 5.74) is 2.24. The monoisotopic (exact) mass is 421 g/mol. The summed E-state index contributed by atoms with van der Waals surface area (Å²) in [5.74, 6) is -0.280. The Balaban J connectivity index is 1.59. The van der Waals surface area contributed by atoms with Crippen LogP contribution in [-0.4, -0.2) is 34.8 Å². The van der Waals surface area contributed by atoms with E-state index in [4.69, 9.17) is 0 Å². The maximum absolute atomic E-state index is 12.8. The van der Waals surface area contributed by atoms with Crippen molar-refractivity contribution >= 4 is 17.8 Å². The van der Waals surface area contributed by atoms with Crippen molar-refractivity contribution in [2.75, 3.05) is 6.54 Å². The van der Waals surface area contributed by atoms with Crippen molar-refractivity contribution in [3.63, 3.8) is 0 Å². The number of benzene rings is 2. The van der Waals surface area contributed by atoms with Crippen molar-refractivity contribution in [2.45, 2.75) is 52.1 Å². The first-order valence-corrected chi connectivity index (χ1v) is 10.8. The van der Waals surface area contributed by atoms with Crippen molar-refractivity contribution in [1.82, 2.24) is 15.5 Å². The minimum absolute atomic E-state index is 0.245. The topological polar surface area (TPSA) is 78.5 Å². The Morgan fingerprint density at radius 2 is 1.61 bits per heavy atom. The molecule has 0 bridgehead atoms. The lowest BCUT2D eigenvalue weighted by molar-refractivity contribution is -0.135. The zero-order chi connectivity index (χ0) is 22.6. The van der Waals surface area contributed by atoms with E-state index in [-0.39, 0.29) is 24.4 Å². The smallest absolute Gasteiger partial charge is 0.325 e. The maximum Gasteiger partial charge on any atom is 0.325 e. The molecule has 1 heterocycles. The van der Waals surface area contributed by atoms with Gasteiger partial charge in [0, 0.05) is 0 Å². The Bertz CT molecular complexity index is 940. The second kappa shape index (κ2) is 9.33.